The predicted octanol–water partition coefficient (Wildman–Crippen LogP) is 3.17. The average molecular weight is 210 g/mol. The Balaban J connectivity index is 0.000000404. The molecule has 0 saturated heterocycles. The zero-order chi connectivity index (χ0) is 10.8. The van der Waals surface area contributed by atoms with Crippen LogP contribution < -0.4 is 0 Å². The van der Waals surface area contributed by atoms with Gasteiger partial charge in [0.25, 0.3) is 0 Å². The molecule has 2 nitrogen and oxygen atoms in total. The molecule has 2 aromatic rings. The van der Waals surface area contributed by atoms with E-state index in [9.17, 15) is 8.78 Å². The van der Waals surface area contributed by atoms with E-state index in [1.807, 2.05) is 0 Å². The number of hydrogen-bond donors (Lipinski definition) is 1. The summed E-state index contributed by atoms with van der Waals surface area (Å²) in [6.45, 7) is 0. The van der Waals surface area contributed by atoms with Gasteiger partial charge in [0.05, 0.1) is 18.2 Å². The van der Waals surface area contributed by atoms with Crippen LogP contribution in [0.4, 0.5) is 8.78 Å². The summed E-state index contributed by atoms with van der Waals surface area (Å²) in [5.74, 6) is 1.40. The summed E-state index contributed by atoms with van der Waals surface area (Å²) in [6.07, 6.45) is 2.42. The molecule has 80 valence electrons. The highest BCUT2D eigenvalue weighted by Crippen LogP contribution is 2.38. The molecule has 1 N–H and O–H groups in total. The van der Waals surface area contributed by atoms with Crippen molar-refractivity contribution >= 4 is 11.0 Å². The minimum absolute atomic E-state index is 0.210. The number of alkyl halides is 1. The Kier molecular flexibility index (Phi) is 2.66. The number of aromatic amines is 1. The van der Waals surface area contributed by atoms with Crippen LogP contribution in [0.15, 0.2) is 18.2 Å². The van der Waals surface area contributed by atoms with Crippen molar-refractivity contribution in [3.63, 3.8) is 0 Å². The van der Waals surface area contributed by atoms with Crippen LogP contribution in [-0.2, 0) is 0 Å². The van der Waals surface area contributed by atoms with Crippen molar-refractivity contribution in [3.8, 4) is 0 Å². The van der Waals surface area contributed by atoms with Gasteiger partial charge in [-0.1, -0.05) is 0 Å². The molecule has 0 bridgehead atoms. The van der Waals surface area contributed by atoms with Crippen LogP contribution in [0.2, 0.25) is 0 Å². The molecule has 3 rings (SSSR count). The van der Waals surface area contributed by atoms with Crippen molar-refractivity contribution in [3.05, 3.63) is 29.8 Å². The molecular formula is C11H12F2N2. The summed E-state index contributed by atoms with van der Waals surface area (Å²) in [7, 11) is 0.500. The zero-order valence-corrected chi connectivity index (χ0v) is 8.43. The van der Waals surface area contributed by atoms with Crippen molar-refractivity contribution < 1.29 is 8.78 Å². The van der Waals surface area contributed by atoms with Crippen LogP contribution in [0, 0.1) is 5.82 Å². The number of benzene rings is 1. The Bertz CT molecular complexity index is 461. The second kappa shape index (κ2) is 3.96. The highest BCUT2D eigenvalue weighted by Gasteiger charge is 2.26. The van der Waals surface area contributed by atoms with Crippen LogP contribution >= 0.6 is 0 Å². The SMILES string of the molecule is CF.Fc1ccc2nc(C3CC3)[nH]c2c1. The first-order valence-corrected chi connectivity index (χ1v) is 4.86. The quantitative estimate of drug-likeness (QED) is 0.769. The maximum absolute atomic E-state index is 12.8. The molecule has 1 aliphatic carbocycles. The number of nitrogens with one attached hydrogen (secondary N) is 1. The Morgan fingerprint density at radius 1 is 1.33 bits per heavy atom. The topological polar surface area (TPSA) is 28.7 Å². The molecule has 1 aromatic carbocycles. The fourth-order valence-corrected chi connectivity index (χ4v) is 1.55. The molecule has 1 aliphatic rings. The third kappa shape index (κ3) is 1.98. The Hall–Kier alpha value is -1.45. The predicted molar refractivity (Wildman–Crippen MR) is 55.1 cm³/mol. The second-order valence-electron chi connectivity index (χ2n) is 3.56. The van der Waals surface area contributed by atoms with E-state index in [0.717, 1.165) is 16.9 Å². The normalized spacial score (nSPS) is 14.9. The summed E-state index contributed by atoms with van der Waals surface area (Å²) < 4.78 is 22.3. The molecule has 0 atom stereocenters. The third-order valence-corrected chi connectivity index (χ3v) is 2.43. The molecule has 4 heteroatoms. The molecule has 0 radical (unpaired) electrons. The lowest BCUT2D eigenvalue weighted by Gasteiger charge is -1.86. The number of nitrogens with zero attached hydrogens (tertiary/aromatic N) is 1. The number of halogens is 2. The van der Waals surface area contributed by atoms with Gasteiger partial charge in [-0.2, -0.15) is 0 Å². The van der Waals surface area contributed by atoms with Crippen molar-refractivity contribution in [1.29, 1.82) is 0 Å². The highest BCUT2D eigenvalue weighted by atomic mass is 19.1. The van der Waals surface area contributed by atoms with E-state index in [-0.39, 0.29) is 5.82 Å². The number of imidazole rings is 1. The molecule has 1 aromatic heterocycles. The van der Waals surface area contributed by atoms with Gasteiger partial charge in [0, 0.05) is 5.92 Å². The van der Waals surface area contributed by atoms with Crippen molar-refractivity contribution in [2.24, 2.45) is 0 Å². The molecule has 1 saturated carbocycles. The van der Waals surface area contributed by atoms with Gasteiger partial charge in [-0.25, -0.2) is 9.37 Å². The van der Waals surface area contributed by atoms with Gasteiger partial charge in [0.1, 0.15) is 11.6 Å². The van der Waals surface area contributed by atoms with Gasteiger partial charge in [0.15, 0.2) is 0 Å². The zero-order valence-electron chi connectivity index (χ0n) is 8.43. The first-order valence-electron chi connectivity index (χ1n) is 4.86. The molecule has 0 unspecified atom stereocenters. The summed E-state index contributed by atoms with van der Waals surface area (Å²) in [6, 6.07) is 4.65. The highest BCUT2D eigenvalue weighted by molar-refractivity contribution is 5.75. The van der Waals surface area contributed by atoms with E-state index in [1.165, 1.54) is 25.0 Å². The average Bonchev–Trinajstić information content (AvgIpc) is 3.02. The van der Waals surface area contributed by atoms with Crippen LogP contribution in [0.25, 0.3) is 11.0 Å². The monoisotopic (exact) mass is 210 g/mol. The van der Waals surface area contributed by atoms with Gasteiger partial charge >= 0.3 is 0 Å². The van der Waals surface area contributed by atoms with E-state index in [0.29, 0.717) is 13.1 Å². The minimum atomic E-state index is -0.210. The van der Waals surface area contributed by atoms with E-state index in [2.05, 4.69) is 9.97 Å². The van der Waals surface area contributed by atoms with Crippen LogP contribution in [0.3, 0.4) is 0 Å². The van der Waals surface area contributed by atoms with Crippen molar-refractivity contribution in [2.75, 3.05) is 7.18 Å². The van der Waals surface area contributed by atoms with Crippen LogP contribution in [0.5, 0.6) is 0 Å². The van der Waals surface area contributed by atoms with Crippen molar-refractivity contribution in [2.45, 2.75) is 18.8 Å². The van der Waals surface area contributed by atoms with Gasteiger partial charge in [0.2, 0.25) is 0 Å². The van der Waals surface area contributed by atoms with Crippen LogP contribution in [-0.4, -0.2) is 17.1 Å². The number of aromatic nitrogens is 2. The van der Waals surface area contributed by atoms with Gasteiger partial charge < -0.3 is 4.98 Å². The molecule has 0 amide bonds. The van der Waals surface area contributed by atoms with Gasteiger partial charge in [-0.3, -0.25) is 4.39 Å². The number of fused-ring (bicyclic) bond motifs is 1. The largest absolute Gasteiger partial charge is 0.342 e. The van der Waals surface area contributed by atoms with E-state index in [1.54, 1.807) is 6.07 Å². The Labute approximate surface area is 86.3 Å². The maximum atomic E-state index is 12.8. The van der Waals surface area contributed by atoms with Gasteiger partial charge in [-0.05, 0) is 31.0 Å². The Morgan fingerprint density at radius 2 is 2.07 bits per heavy atom. The summed E-state index contributed by atoms with van der Waals surface area (Å²) in [4.78, 5) is 7.54. The number of H-pyrrole nitrogens is 1. The van der Waals surface area contributed by atoms with E-state index in [4.69, 9.17) is 0 Å². The summed E-state index contributed by atoms with van der Waals surface area (Å²) in [5.41, 5.74) is 1.67. The molecule has 0 spiro atoms. The molecular weight excluding hydrogens is 198 g/mol. The minimum Gasteiger partial charge on any atom is -0.342 e. The standard InChI is InChI=1S/C10H9FN2.CH3F/c11-7-3-4-8-9(5-7)13-10(12-8)6-1-2-6;1-2/h3-6H,1-2H2,(H,12,13);1H3. The number of hydrogen-bond acceptors (Lipinski definition) is 1. The first-order chi connectivity index (χ1) is 7.33. The van der Waals surface area contributed by atoms with E-state index < -0.39 is 0 Å². The van der Waals surface area contributed by atoms with Crippen molar-refractivity contribution in [1.82, 2.24) is 9.97 Å². The smallest absolute Gasteiger partial charge is 0.125 e. The molecule has 1 heterocycles. The lowest BCUT2D eigenvalue weighted by atomic mass is 10.3. The fourth-order valence-electron chi connectivity index (χ4n) is 1.55. The first kappa shape index (κ1) is 10.1. The maximum Gasteiger partial charge on any atom is 0.125 e. The molecule has 15 heavy (non-hydrogen) atoms. The second-order valence-corrected chi connectivity index (χ2v) is 3.56. The van der Waals surface area contributed by atoms with Gasteiger partial charge in [-0.15, -0.1) is 0 Å². The lowest BCUT2D eigenvalue weighted by molar-refractivity contribution is 0.629. The molecule has 0 aliphatic heterocycles. The third-order valence-electron chi connectivity index (χ3n) is 2.43. The van der Waals surface area contributed by atoms with E-state index >= 15 is 0 Å². The summed E-state index contributed by atoms with van der Waals surface area (Å²) in [5, 5.41) is 0. The number of rotatable bonds is 1. The summed E-state index contributed by atoms with van der Waals surface area (Å²) >= 11 is 0. The lowest BCUT2D eigenvalue weighted by Crippen LogP contribution is -1.79. The molecule has 1 fully saturated rings. The Morgan fingerprint density at radius 3 is 2.73 bits per heavy atom. The van der Waals surface area contributed by atoms with Crippen LogP contribution in [0.1, 0.15) is 24.6 Å². The fraction of sp³-hybridized carbons (Fsp3) is 0.364.